The van der Waals surface area contributed by atoms with Gasteiger partial charge in [-0.05, 0) is 62.1 Å². The molecule has 0 amide bonds. The Hall–Kier alpha value is -2.03. The number of hydrogen-bond donors (Lipinski definition) is 1. The minimum atomic E-state index is -0.335. The quantitative estimate of drug-likeness (QED) is 0.856. The summed E-state index contributed by atoms with van der Waals surface area (Å²) in [7, 11) is 0. The molecule has 0 atom stereocenters. The van der Waals surface area contributed by atoms with Crippen LogP contribution in [0.4, 0.5) is 10.1 Å². The van der Waals surface area contributed by atoms with Crippen LogP contribution in [-0.2, 0) is 6.54 Å². The Kier molecular flexibility index (Phi) is 4.84. The predicted octanol–water partition coefficient (Wildman–Crippen LogP) is 4.76. The minimum absolute atomic E-state index is 0.297. The Bertz CT molecular complexity index is 637. The van der Waals surface area contributed by atoms with Crippen molar-refractivity contribution in [3.05, 3.63) is 58.4 Å². The van der Waals surface area contributed by atoms with E-state index in [-0.39, 0.29) is 5.82 Å². The van der Waals surface area contributed by atoms with Crippen LogP contribution in [0.3, 0.4) is 0 Å². The summed E-state index contributed by atoms with van der Waals surface area (Å²) in [4.78, 5) is 0. The van der Waals surface area contributed by atoms with Crippen LogP contribution in [0.2, 0.25) is 0 Å². The predicted molar refractivity (Wildman–Crippen MR) is 85.5 cm³/mol. The lowest BCUT2D eigenvalue weighted by Crippen LogP contribution is -2.03. The number of anilines is 1. The van der Waals surface area contributed by atoms with Gasteiger partial charge in [0, 0.05) is 18.3 Å². The number of aryl methyl sites for hydroxylation is 3. The van der Waals surface area contributed by atoms with Crippen molar-refractivity contribution in [3.63, 3.8) is 0 Å². The summed E-state index contributed by atoms with van der Waals surface area (Å²) < 4.78 is 19.0. The van der Waals surface area contributed by atoms with Crippen LogP contribution in [0.5, 0.6) is 5.75 Å². The third kappa shape index (κ3) is 3.75. The summed E-state index contributed by atoms with van der Waals surface area (Å²) in [6, 6.07) is 9.34. The smallest absolute Gasteiger partial charge is 0.167 e. The zero-order valence-electron chi connectivity index (χ0n) is 13.1. The first-order chi connectivity index (χ1) is 10.0. The van der Waals surface area contributed by atoms with E-state index in [9.17, 15) is 4.39 Å². The standard InChI is InChI=1S/C18H22FNO/c1-5-21-18-7-6-16(10-17(18)19)20-11-15-9-13(3)12(2)8-14(15)4/h6-10,20H,5,11H2,1-4H3. The van der Waals surface area contributed by atoms with E-state index < -0.39 is 0 Å². The maximum absolute atomic E-state index is 13.8. The van der Waals surface area contributed by atoms with E-state index in [0.29, 0.717) is 18.9 Å². The largest absolute Gasteiger partial charge is 0.491 e. The summed E-state index contributed by atoms with van der Waals surface area (Å²) >= 11 is 0. The molecule has 0 bridgehead atoms. The molecule has 2 aromatic carbocycles. The van der Waals surface area contributed by atoms with Gasteiger partial charge in [0.15, 0.2) is 11.6 Å². The number of halogens is 1. The molecule has 0 saturated heterocycles. The fourth-order valence-electron chi connectivity index (χ4n) is 2.29. The van der Waals surface area contributed by atoms with Crippen molar-refractivity contribution in [2.45, 2.75) is 34.2 Å². The van der Waals surface area contributed by atoms with Crippen molar-refractivity contribution in [2.24, 2.45) is 0 Å². The highest BCUT2D eigenvalue weighted by Crippen LogP contribution is 2.22. The first-order valence-electron chi connectivity index (χ1n) is 7.24. The summed E-state index contributed by atoms with van der Waals surface area (Å²) in [5, 5.41) is 3.26. The molecule has 2 rings (SSSR count). The Morgan fingerprint density at radius 1 is 1.00 bits per heavy atom. The number of rotatable bonds is 5. The molecule has 3 heteroatoms. The lowest BCUT2D eigenvalue weighted by molar-refractivity contribution is 0.321. The molecule has 0 saturated carbocycles. The molecule has 21 heavy (non-hydrogen) atoms. The highest BCUT2D eigenvalue weighted by atomic mass is 19.1. The Morgan fingerprint density at radius 2 is 1.71 bits per heavy atom. The number of benzene rings is 2. The average molecular weight is 287 g/mol. The average Bonchev–Trinajstić information content (AvgIpc) is 2.44. The topological polar surface area (TPSA) is 21.3 Å². The molecule has 1 N–H and O–H groups in total. The van der Waals surface area contributed by atoms with E-state index in [2.05, 4.69) is 38.2 Å². The van der Waals surface area contributed by atoms with Gasteiger partial charge in [-0.15, -0.1) is 0 Å². The molecule has 2 aromatic rings. The van der Waals surface area contributed by atoms with E-state index in [0.717, 1.165) is 5.69 Å². The molecule has 0 fully saturated rings. The summed E-state index contributed by atoms with van der Waals surface area (Å²) in [6.07, 6.45) is 0. The van der Waals surface area contributed by atoms with Crippen molar-refractivity contribution in [1.29, 1.82) is 0 Å². The Labute approximate surface area is 126 Å². The number of hydrogen-bond acceptors (Lipinski definition) is 2. The van der Waals surface area contributed by atoms with Gasteiger partial charge in [-0.3, -0.25) is 0 Å². The highest BCUT2D eigenvalue weighted by molar-refractivity contribution is 5.48. The third-order valence-electron chi connectivity index (χ3n) is 3.67. The fraction of sp³-hybridized carbons (Fsp3) is 0.333. The first-order valence-corrected chi connectivity index (χ1v) is 7.24. The molecule has 0 aliphatic rings. The third-order valence-corrected chi connectivity index (χ3v) is 3.67. The second-order valence-electron chi connectivity index (χ2n) is 5.29. The summed E-state index contributed by atoms with van der Waals surface area (Å²) in [5.74, 6) is -0.0379. The minimum Gasteiger partial charge on any atom is -0.491 e. The van der Waals surface area contributed by atoms with Gasteiger partial charge >= 0.3 is 0 Å². The molecular formula is C18H22FNO. The van der Waals surface area contributed by atoms with E-state index in [4.69, 9.17) is 4.74 Å². The van der Waals surface area contributed by atoms with Crippen LogP contribution in [0.1, 0.15) is 29.2 Å². The fourth-order valence-corrected chi connectivity index (χ4v) is 2.29. The van der Waals surface area contributed by atoms with Gasteiger partial charge < -0.3 is 10.1 Å². The number of ether oxygens (including phenoxy) is 1. The van der Waals surface area contributed by atoms with Crippen LogP contribution >= 0.6 is 0 Å². The Morgan fingerprint density at radius 3 is 2.38 bits per heavy atom. The van der Waals surface area contributed by atoms with Gasteiger partial charge in [0.1, 0.15) is 0 Å². The molecule has 0 aliphatic heterocycles. The highest BCUT2D eigenvalue weighted by Gasteiger charge is 2.05. The van der Waals surface area contributed by atoms with Crippen LogP contribution in [0.25, 0.3) is 0 Å². The SMILES string of the molecule is CCOc1ccc(NCc2cc(C)c(C)cc2C)cc1F. The van der Waals surface area contributed by atoms with Gasteiger partial charge in [-0.1, -0.05) is 12.1 Å². The molecule has 0 unspecified atom stereocenters. The second-order valence-corrected chi connectivity index (χ2v) is 5.29. The van der Waals surface area contributed by atoms with Crippen LogP contribution in [0.15, 0.2) is 30.3 Å². The first kappa shape index (κ1) is 15.4. The van der Waals surface area contributed by atoms with Gasteiger partial charge in [0.05, 0.1) is 6.61 Å². The van der Waals surface area contributed by atoms with Crippen LogP contribution < -0.4 is 10.1 Å². The van der Waals surface area contributed by atoms with Gasteiger partial charge in [-0.25, -0.2) is 4.39 Å². The summed E-state index contributed by atoms with van der Waals surface area (Å²) in [5.41, 5.74) is 5.80. The Balaban J connectivity index is 2.10. The van der Waals surface area contributed by atoms with Crippen LogP contribution in [-0.4, -0.2) is 6.61 Å². The normalized spacial score (nSPS) is 10.5. The lowest BCUT2D eigenvalue weighted by Gasteiger charge is -2.13. The van der Waals surface area contributed by atoms with Gasteiger partial charge in [0.25, 0.3) is 0 Å². The van der Waals surface area contributed by atoms with Gasteiger partial charge in [0.2, 0.25) is 0 Å². The molecule has 2 nitrogen and oxygen atoms in total. The zero-order chi connectivity index (χ0) is 15.4. The molecule has 112 valence electrons. The van der Waals surface area contributed by atoms with E-state index >= 15 is 0 Å². The molecule has 0 aromatic heterocycles. The van der Waals surface area contributed by atoms with Crippen molar-refractivity contribution < 1.29 is 9.13 Å². The second kappa shape index (κ2) is 6.61. The maximum atomic E-state index is 13.8. The molecule has 0 spiro atoms. The van der Waals surface area contributed by atoms with E-state index in [1.165, 1.54) is 28.3 Å². The van der Waals surface area contributed by atoms with Crippen LogP contribution in [0, 0.1) is 26.6 Å². The monoisotopic (exact) mass is 287 g/mol. The lowest BCUT2D eigenvalue weighted by atomic mass is 10.0. The van der Waals surface area contributed by atoms with Gasteiger partial charge in [-0.2, -0.15) is 0 Å². The van der Waals surface area contributed by atoms with Crippen molar-refractivity contribution in [2.75, 3.05) is 11.9 Å². The molecule has 0 aliphatic carbocycles. The van der Waals surface area contributed by atoms with E-state index in [1.807, 2.05) is 13.0 Å². The van der Waals surface area contributed by atoms with Crippen molar-refractivity contribution in [1.82, 2.24) is 0 Å². The van der Waals surface area contributed by atoms with Crippen molar-refractivity contribution in [3.8, 4) is 5.75 Å². The molecule has 0 heterocycles. The zero-order valence-corrected chi connectivity index (χ0v) is 13.1. The van der Waals surface area contributed by atoms with E-state index in [1.54, 1.807) is 6.07 Å². The summed E-state index contributed by atoms with van der Waals surface area (Å²) in [6.45, 7) is 9.30. The molecule has 0 radical (unpaired) electrons. The maximum Gasteiger partial charge on any atom is 0.167 e. The number of nitrogens with one attached hydrogen (secondary N) is 1. The van der Waals surface area contributed by atoms with Crippen molar-refractivity contribution >= 4 is 5.69 Å². The molecular weight excluding hydrogens is 265 g/mol.